The molecule has 130 valence electrons. The Kier molecular flexibility index (Phi) is 4.05. The van der Waals surface area contributed by atoms with Gasteiger partial charge in [-0.25, -0.2) is 4.79 Å². The van der Waals surface area contributed by atoms with Crippen LogP contribution in [-0.2, 0) is 4.74 Å². The largest absolute Gasteiger partial charge is 0.448 e. The van der Waals surface area contributed by atoms with Crippen molar-refractivity contribution < 1.29 is 9.53 Å². The topological polar surface area (TPSA) is 71.2 Å². The van der Waals surface area contributed by atoms with Crippen LogP contribution in [0.15, 0.2) is 65.6 Å². The molecule has 0 radical (unpaired) electrons. The van der Waals surface area contributed by atoms with Gasteiger partial charge in [-0.05, 0) is 34.7 Å². The van der Waals surface area contributed by atoms with Gasteiger partial charge in [-0.1, -0.05) is 48.5 Å². The van der Waals surface area contributed by atoms with E-state index in [1.165, 1.54) is 17.2 Å². The second-order valence-corrected chi connectivity index (χ2v) is 6.34. The summed E-state index contributed by atoms with van der Waals surface area (Å²) in [4.78, 5) is 26.2. The number of aryl methyl sites for hydroxylation is 1. The van der Waals surface area contributed by atoms with Gasteiger partial charge in [0.15, 0.2) is 0 Å². The predicted octanol–water partition coefficient (Wildman–Crippen LogP) is 4.04. The molecular weight excluding hydrogens is 328 g/mol. The first kappa shape index (κ1) is 16.1. The Morgan fingerprint density at radius 2 is 1.69 bits per heavy atom. The average Bonchev–Trinajstić information content (AvgIpc) is 2.97. The Bertz CT molecular complexity index is 994. The van der Waals surface area contributed by atoms with Gasteiger partial charge in [-0.3, -0.25) is 10.1 Å². The number of aromatic nitrogens is 1. The summed E-state index contributed by atoms with van der Waals surface area (Å²) in [7, 11) is 0. The first-order chi connectivity index (χ1) is 12.6. The Morgan fingerprint density at radius 1 is 1.08 bits per heavy atom. The number of amides is 1. The van der Waals surface area contributed by atoms with E-state index in [4.69, 9.17) is 4.74 Å². The van der Waals surface area contributed by atoms with Crippen molar-refractivity contribution in [3.05, 3.63) is 87.8 Å². The number of benzene rings is 2. The molecule has 0 bridgehead atoms. The zero-order valence-corrected chi connectivity index (χ0v) is 14.3. The highest BCUT2D eigenvalue weighted by Crippen LogP contribution is 2.44. The number of hydrogen-bond donors (Lipinski definition) is 2. The van der Waals surface area contributed by atoms with Crippen molar-refractivity contribution in [2.45, 2.75) is 12.8 Å². The van der Waals surface area contributed by atoms with Crippen molar-refractivity contribution in [3.63, 3.8) is 0 Å². The SMILES string of the molecule is Cc1c[nH]c(=O)cc1NC(=O)OCC1c2ccccc2-c2ccccc21. The van der Waals surface area contributed by atoms with E-state index in [-0.39, 0.29) is 18.1 Å². The molecule has 1 aromatic heterocycles. The Labute approximate surface area is 150 Å². The van der Waals surface area contributed by atoms with Gasteiger partial charge in [0.1, 0.15) is 6.61 Å². The number of carbonyl (C=O) groups excluding carboxylic acids is 1. The lowest BCUT2D eigenvalue weighted by atomic mass is 9.98. The van der Waals surface area contributed by atoms with E-state index in [0.29, 0.717) is 5.69 Å². The van der Waals surface area contributed by atoms with Crippen LogP contribution < -0.4 is 10.9 Å². The summed E-state index contributed by atoms with van der Waals surface area (Å²) in [5.74, 6) is 0.00780. The smallest absolute Gasteiger partial charge is 0.411 e. The molecule has 0 atom stereocenters. The lowest BCUT2D eigenvalue weighted by Crippen LogP contribution is -2.19. The van der Waals surface area contributed by atoms with Crippen LogP contribution in [0.1, 0.15) is 22.6 Å². The van der Waals surface area contributed by atoms with Crippen molar-refractivity contribution in [1.82, 2.24) is 4.98 Å². The molecule has 0 saturated heterocycles. The van der Waals surface area contributed by atoms with E-state index < -0.39 is 6.09 Å². The number of nitrogens with one attached hydrogen (secondary N) is 2. The highest BCUT2D eigenvalue weighted by atomic mass is 16.5. The number of fused-ring (bicyclic) bond motifs is 3. The highest BCUT2D eigenvalue weighted by Gasteiger charge is 2.29. The van der Waals surface area contributed by atoms with Gasteiger partial charge in [0, 0.05) is 18.2 Å². The van der Waals surface area contributed by atoms with Crippen molar-refractivity contribution in [2.75, 3.05) is 11.9 Å². The molecule has 0 fully saturated rings. The molecule has 0 aliphatic heterocycles. The monoisotopic (exact) mass is 346 g/mol. The lowest BCUT2D eigenvalue weighted by Gasteiger charge is -2.15. The number of aromatic amines is 1. The van der Waals surface area contributed by atoms with Crippen LogP contribution in [-0.4, -0.2) is 17.7 Å². The number of carbonyl (C=O) groups is 1. The molecule has 1 aliphatic carbocycles. The number of anilines is 1. The molecule has 0 unspecified atom stereocenters. The molecule has 2 N–H and O–H groups in total. The molecule has 1 aliphatic rings. The van der Waals surface area contributed by atoms with E-state index in [1.807, 2.05) is 24.3 Å². The van der Waals surface area contributed by atoms with Crippen LogP contribution in [0.3, 0.4) is 0 Å². The van der Waals surface area contributed by atoms with Gasteiger partial charge in [0.25, 0.3) is 0 Å². The third-order valence-corrected chi connectivity index (χ3v) is 4.71. The fourth-order valence-corrected chi connectivity index (χ4v) is 3.42. The summed E-state index contributed by atoms with van der Waals surface area (Å²) < 4.78 is 5.48. The highest BCUT2D eigenvalue weighted by molar-refractivity contribution is 5.85. The van der Waals surface area contributed by atoms with E-state index in [2.05, 4.69) is 34.6 Å². The zero-order chi connectivity index (χ0) is 18.1. The molecule has 3 aromatic rings. The lowest BCUT2D eigenvalue weighted by molar-refractivity contribution is 0.158. The van der Waals surface area contributed by atoms with Crippen LogP contribution >= 0.6 is 0 Å². The number of hydrogen-bond acceptors (Lipinski definition) is 3. The van der Waals surface area contributed by atoms with Crippen molar-refractivity contribution >= 4 is 11.8 Å². The second kappa shape index (κ2) is 6.52. The quantitative estimate of drug-likeness (QED) is 0.752. The summed E-state index contributed by atoms with van der Waals surface area (Å²) in [5.41, 5.74) is 5.63. The molecule has 0 saturated carbocycles. The van der Waals surface area contributed by atoms with E-state index in [1.54, 1.807) is 13.1 Å². The first-order valence-corrected chi connectivity index (χ1v) is 8.45. The van der Waals surface area contributed by atoms with E-state index >= 15 is 0 Å². The molecule has 2 aromatic carbocycles. The minimum atomic E-state index is -0.569. The molecule has 5 heteroatoms. The Morgan fingerprint density at radius 3 is 2.35 bits per heavy atom. The van der Waals surface area contributed by atoms with Crippen molar-refractivity contribution in [3.8, 4) is 11.1 Å². The Balaban J connectivity index is 1.52. The molecule has 5 nitrogen and oxygen atoms in total. The van der Waals surface area contributed by atoms with Gasteiger partial charge in [0.05, 0.1) is 5.69 Å². The minimum Gasteiger partial charge on any atom is -0.448 e. The average molecular weight is 346 g/mol. The van der Waals surface area contributed by atoms with E-state index in [0.717, 1.165) is 16.7 Å². The fourth-order valence-electron chi connectivity index (χ4n) is 3.42. The third-order valence-electron chi connectivity index (χ3n) is 4.71. The van der Waals surface area contributed by atoms with Crippen LogP contribution in [0.25, 0.3) is 11.1 Å². The van der Waals surface area contributed by atoms with Crippen LogP contribution in [0.4, 0.5) is 10.5 Å². The summed E-state index contributed by atoms with van der Waals surface area (Å²) in [5, 5.41) is 2.64. The standard InChI is InChI=1S/C21H18N2O3/c1-13-11-22-20(24)10-19(13)23-21(25)26-12-18-16-8-4-2-6-14(16)15-7-3-5-9-17(15)18/h2-11,18H,12H2,1H3,(H2,22,23,24,25). The molecule has 4 rings (SSSR count). The van der Waals surface area contributed by atoms with E-state index in [9.17, 15) is 9.59 Å². The molecule has 0 spiro atoms. The van der Waals surface area contributed by atoms with Crippen LogP contribution in [0.5, 0.6) is 0 Å². The van der Waals surface area contributed by atoms with Gasteiger partial charge in [0.2, 0.25) is 5.56 Å². The third kappa shape index (κ3) is 2.88. The van der Waals surface area contributed by atoms with Crippen molar-refractivity contribution in [1.29, 1.82) is 0 Å². The molecule has 1 amide bonds. The van der Waals surface area contributed by atoms with Crippen molar-refractivity contribution in [2.24, 2.45) is 0 Å². The Hall–Kier alpha value is -3.34. The summed E-state index contributed by atoms with van der Waals surface area (Å²) in [6.07, 6.45) is 0.988. The second-order valence-electron chi connectivity index (χ2n) is 6.34. The van der Waals surface area contributed by atoms with Gasteiger partial charge in [-0.15, -0.1) is 0 Å². The van der Waals surface area contributed by atoms with Crippen LogP contribution in [0.2, 0.25) is 0 Å². The molecule has 26 heavy (non-hydrogen) atoms. The normalized spacial score (nSPS) is 12.3. The number of ether oxygens (including phenoxy) is 1. The van der Waals surface area contributed by atoms with Gasteiger partial charge < -0.3 is 9.72 Å². The maximum atomic E-state index is 12.2. The minimum absolute atomic E-state index is 0.00780. The maximum Gasteiger partial charge on any atom is 0.411 e. The van der Waals surface area contributed by atoms with Gasteiger partial charge in [-0.2, -0.15) is 0 Å². The molecular formula is C21H18N2O3. The predicted molar refractivity (Wildman–Crippen MR) is 100 cm³/mol. The maximum absolute atomic E-state index is 12.2. The fraction of sp³-hybridized carbons (Fsp3) is 0.143. The summed E-state index contributed by atoms with van der Waals surface area (Å²) in [6, 6.07) is 17.7. The first-order valence-electron chi connectivity index (χ1n) is 8.45. The molecule has 1 heterocycles. The van der Waals surface area contributed by atoms with Crippen LogP contribution in [0, 0.1) is 6.92 Å². The number of rotatable bonds is 3. The summed E-state index contributed by atoms with van der Waals surface area (Å²) in [6.45, 7) is 2.04. The number of H-pyrrole nitrogens is 1. The summed E-state index contributed by atoms with van der Waals surface area (Å²) >= 11 is 0. The van der Waals surface area contributed by atoms with Gasteiger partial charge >= 0.3 is 6.09 Å². The number of pyridine rings is 1. The zero-order valence-electron chi connectivity index (χ0n) is 14.3.